The Hall–Kier alpha value is -4.15. The number of pyridine rings is 2. The summed E-state index contributed by atoms with van der Waals surface area (Å²) in [6.07, 6.45) is 4.44. The number of hydrogen-bond donors (Lipinski definition) is 2. The molecular weight excluding hydrogens is 569 g/mol. The van der Waals surface area contributed by atoms with E-state index in [0.29, 0.717) is 58.5 Å². The quantitative estimate of drug-likeness (QED) is 0.299. The van der Waals surface area contributed by atoms with Crippen LogP contribution in [0.3, 0.4) is 0 Å². The standard InChI is InChI=1S/C29H27Cl2N5O5/c30-19-4-6-24-18(13-19)14-25(41-24)29(39)35-23(15-21-3-1-2-10-32-21)28(38)34-17-27(37)36-11-8-22(9-12-36)40-26-7-5-20(31)16-33-26/h1-7,10,13-14,16,22-23H,8-9,11-12,15,17H2,(H,34,38)(H,35,39)/t23-/m0/s1. The van der Waals surface area contributed by atoms with Crippen LogP contribution in [0.25, 0.3) is 11.0 Å². The average molecular weight is 596 g/mol. The van der Waals surface area contributed by atoms with E-state index in [4.69, 9.17) is 32.4 Å². The molecular formula is C29H27Cl2N5O5. The molecule has 0 unspecified atom stereocenters. The fraction of sp³-hybridized carbons (Fsp3) is 0.276. The molecule has 1 atom stereocenters. The number of fused-ring (bicyclic) bond motifs is 1. The summed E-state index contributed by atoms with van der Waals surface area (Å²) >= 11 is 11.9. The lowest BCUT2D eigenvalue weighted by atomic mass is 10.1. The molecule has 4 heterocycles. The number of rotatable bonds is 9. The van der Waals surface area contributed by atoms with E-state index in [1.165, 1.54) is 6.20 Å². The molecule has 3 amide bonds. The number of hydrogen-bond acceptors (Lipinski definition) is 7. The SMILES string of the molecule is O=C(N[C@@H](Cc1ccccn1)C(=O)NCC(=O)N1CCC(Oc2ccc(Cl)cn2)CC1)c1cc2cc(Cl)ccc2o1. The highest BCUT2D eigenvalue weighted by Crippen LogP contribution is 2.23. The molecule has 1 saturated heterocycles. The van der Waals surface area contributed by atoms with E-state index in [-0.39, 0.29) is 30.7 Å². The van der Waals surface area contributed by atoms with Gasteiger partial charge in [-0.05, 0) is 42.5 Å². The number of furan rings is 1. The van der Waals surface area contributed by atoms with Crippen LogP contribution in [0, 0.1) is 0 Å². The van der Waals surface area contributed by atoms with Crippen LogP contribution in [0.15, 0.2) is 71.4 Å². The number of ether oxygens (including phenoxy) is 1. The van der Waals surface area contributed by atoms with Crippen molar-refractivity contribution in [1.82, 2.24) is 25.5 Å². The van der Waals surface area contributed by atoms with Crippen LogP contribution in [0.2, 0.25) is 10.0 Å². The van der Waals surface area contributed by atoms with Crippen LogP contribution in [-0.4, -0.2) is 64.4 Å². The minimum Gasteiger partial charge on any atom is -0.474 e. The van der Waals surface area contributed by atoms with Crippen LogP contribution in [0.1, 0.15) is 29.1 Å². The number of nitrogens with zero attached hydrogens (tertiary/aromatic N) is 3. The summed E-state index contributed by atoms with van der Waals surface area (Å²) in [6.45, 7) is 0.759. The summed E-state index contributed by atoms with van der Waals surface area (Å²) in [5.74, 6) is -0.783. The van der Waals surface area contributed by atoms with Crippen LogP contribution in [0.5, 0.6) is 5.88 Å². The van der Waals surface area contributed by atoms with Gasteiger partial charge < -0.3 is 24.7 Å². The molecule has 0 radical (unpaired) electrons. The second-order valence-corrected chi connectivity index (χ2v) is 10.4. The topological polar surface area (TPSA) is 127 Å². The molecule has 0 bridgehead atoms. The van der Waals surface area contributed by atoms with Crippen LogP contribution >= 0.6 is 23.2 Å². The molecule has 12 heteroatoms. The minimum absolute atomic E-state index is 0.0380. The van der Waals surface area contributed by atoms with E-state index in [1.54, 1.807) is 65.7 Å². The zero-order chi connectivity index (χ0) is 28.8. The molecule has 41 heavy (non-hydrogen) atoms. The Morgan fingerprint density at radius 2 is 1.83 bits per heavy atom. The van der Waals surface area contributed by atoms with Crippen molar-refractivity contribution in [3.05, 3.63) is 88.5 Å². The van der Waals surface area contributed by atoms with Crippen molar-refractivity contribution in [1.29, 1.82) is 0 Å². The summed E-state index contributed by atoms with van der Waals surface area (Å²) in [5.41, 5.74) is 1.10. The largest absolute Gasteiger partial charge is 0.474 e. The zero-order valence-electron chi connectivity index (χ0n) is 21.9. The van der Waals surface area contributed by atoms with Gasteiger partial charge in [-0.2, -0.15) is 0 Å². The third-order valence-corrected chi connectivity index (χ3v) is 7.12. The van der Waals surface area contributed by atoms with Crippen molar-refractivity contribution in [3.63, 3.8) is 0 Å². The Balaban J connectivity index is 1.17. The van der Waals surface area contributed by atoms with Crippen molar-refractivity contribution >= 4 is 51.9 Å². The molecule has 0 spiro atoms. The Morgan fingerprint density at radius 3 is 2.56 bits per heavy atom. The van der Waals surface area contributed by atoms with E-state index in [9.17, 15) is 14.4 Å². The zero-order valence-corrected chi connectivity index (χ0v) is 23.4. The van der Waals surface area contributed by atoms with E-state index in [0.717, 1.165) is 0 Å². The summed E-state index contributed by atoms with van der Waals surface area (Å²) < 4.78 is 11.5. The molecule has 2 N–H and O–H groups in total. The summed E-state index contributed by atoms with van der Waals surface area (Å²) in [4.78, 5) is 49.2. The number of carbonyl (C=O) groups excluding carboxylic acids is 3. The maximum Gasteiger partial charge on any atom is 0.287 e. The number of nitrogens with one attached hydrogen (secondary N) is 2. The molecule has 212 valence electrons. The maximum atomic E-state index is 13.2. The van der Waals surface area contributed by atoms with E-state index in [1.807, 2.05) is 0 Å². The van der Waals surface area contributed by atoms with E-state index >= 15 is 0 Å². The Bertz CT molecular complexity index is 1520. The van der Waals surface area contributed by atoms with E-state index in [2.05, 4.69) is 20.6 Å². The van der Waals surface area contributed by atoms with Gasteiger partial charge in [-0.15, -0.1) is 0 Å². The Labute approximate surface area is 246 Å². The lowest BCUT2D eigenvalue weighted by molar-refractivity contribution is -0.134. The first-order valence-electron chi connectivity index (χ1n) is 13.1. The lowest BCUT2D eigenvalue weighted by Gasteiger charge is -2.32. The van der Waals surface area contributed by atoms with Crippen molar-refractivity contribution < 1.29 is 23.5 Å². The van der Waals surface area contributed by atoms with Crippen molar-refractivity contribution in [2.24, 2.45) is 0 Å². The van der Waals surface area contributed by atoms with Gasteiger partial charge in [0.25, 0.3) is 5.91 Å². The molecule has 0 saturated carbocycles. The molecule has 0 aliphatic carbocycles. The molecule has 1 aromatic carbocycles. The average Bonchev–Trinajstić information content (AvgIpc) is 3.41. The minimum atomic E-state index is -0.993. The third-order valence-electron chi connectivity index (χ3n) is 6.66. The normalized spacial score (nSPS) is 14.4. The number of aromatic nitrogens is 2. The molecule has 10 nitrogen and oxygen atoms in total. The Morgan fingerprint density at radius 1 is 1.02 bits per heavy atom. The number of halogens is 2. The summed E-state index contributed by atoms with van der Waals surface area (Å²) in [5, 5.41) is 7.10. The molecule has 1 aliphatic rings. The van der Waals surface area contributed by atoms with Crippen LogP contribution in [-0.2, 0) is 16.0 Å². The number of benzene rings is 1. The summed E-state index contributed by atoms with van der Waals surface area (Å²) in [7, 11) is 0. The highest BCUT2D eigenvalue weighted by molar-refractivity contribution is 6.31. The number of carbonyl (C=O) groups is 3. The van der Waals surface area contributed by atoms with Gasteiger partial charge >= 0.3 is 0 Å². The fourth-order valence-electron chi connectivity index (χ4n) is 4.52. The highest BCUT2D eigenvalue weighted by atomic mass is 35.5. The number of amides is 3. The van der Waals surface area contributed by atoms with Gasteiger partial charge in [-0.1, -0.05) is 29.3 Å². The molecule has 1 aliphatic heterocycles. The van der Waals surface area contributed by atoms with Gasteiger partial charge in [0.2, 0.25) is 17.7 Å². The van der Waals surface area contributed by atoms with Crippen LogP contribution < -0.4 is 15.4 Å². The maximum absolute atomic E-state index is 13.2. The lowest BCUT2D eigenvalue weighted by Crippen LogP contribution is -2.51. The Kier molecular flexibility index (Phi) is 9.01. The molecule has 1 fully saturated rings. The molecule has 3 aromatic heterocycles. The second-order valence-electron chi connectivity index (χ2n) is 9.57. The third kappa shape index (κ3) is 7.53. The second kappa shape index (κ2) is 13.0. The number of piperidine rings is 1. The molecule has 4 aromatic rings. The monoisotopic (exact) mass is 595 g/mol. The van der Waals surface area contributed by atoms with Gasteiger partial charge in [0.15, 0.2) is 5.76 Å². The first-order chi connectivity index (χ1) is 19.8. The fourth-order valence-corrected chi connectivity index (χ4v) is 4.81. The highest BCUT2D eigenvalue weighted by Gasteiger charge is 2.27. The first-order valence-corrected chi connectivity index (χ1v) is 13.8. The van der Waals surface area contributed by atoms with Gasteiger partial charge in [0.05, 0.1) is 11.6 Å². The van der Waals surface area contributed by atoms with E-state index < -0.39 is 17.9 Å². The predicted molar refractivity (Wildman–Crippen MR) is 153 cm³/mol. The van der Waals surface area contributed by atoms with Crippen molar-refractivity contribution in [2.45, 2.75) is 31.4 Å². The first kappa shape index (κ1) is 28.4. The van der Waals surface area contributed by atoms with Gasteiger partial charge in [-0.3, -0.25) is 19.4 Å². The van der Waals surface area contributed by atoms with Gasteiger partial charge in [-0.25, -0.2) is 4.98 Å². The molecule has 5 rings (SSSR count). The summed E-state index contributed by atoms with van der Waals surface area (Å²) in [6, 6.07) is 14.3. The van der Waals surface area contributed by atoms with Crippen LogP contribution in [0.4, 0.5) is 0 Å². The smallest absolute Gasteiger partial charge is 0.287 e. The van der Waals surface area contributed by atoms with Gasteiger partial charge in [0.1, 0.15) is 17.7 Å². The van der Waals surface area contributed by atoms with Crippen molar-refractivity contribution in [2.75, 3.05) is 19.6 Å². The van der Waals surface area contributed by atoms with Crippen molar-refractivity contribution in [3.8, 4) is 5.88 Å². The number of likely N-dealkylation sites (tertiary alicyclic amines) is 1. The predicted octanol–water partition coefficient (Wildman–Crippen LogP) is 4.06. The van der Waals surface area contributed by atoms with Gasteiger partial charge in [0, 0.05) is 66.9 Å².